The van der Waals surface area contributed by atoms with Gasteiger partial charge in [-0.2, -0.15) is 0 Å². The molecule has 1 saturated heterocycles. The molecule has 1 aliphatic heterocycles. The predicted molar refractivity (Wildman–Crippen MR) is 123 cm³/mol. The zero-order chi connectivity index (χ0) is 22.9. The number of piperidine rings is 1. The van der Waals surface area contributed by atoms with Crippen molar-refractivity contribution >= 4 is 23.3 Å². The summed E-state index contributed by atoms with van der Waals surface area (Å²) in [5, 5.41) is 8.34. The predicted octanol–water partition coefficient (Wildman–Crippen LogP) is 4.67. The lowest BCUT2D eigenvalue weighted by Crippen LogP contribution is -2.40. The van der Waals surface area contributed by atoms with E-state index in [9.17, 15) is 4.79 Å². The van der Waals surface area contributed by atoms with Crippen molar-refractivity contribution in [2.45, 2.75) is 59.2 Å². The van der Waals surface area contributed by atoms with Gasteiger partial charge in [-0.25, -0.2) is 14.8 Å². The van der Waals surface area contributed by atoms with E-state index < -0.39 is 6.16 Å². The van der Waals surface area contributed by atoms with Crippen molar-refractivity contribution in [1.82, 2.24) is 15.0 Å². The summed E-state index contributed by atoms with van der Waals surface area (Å²) in [5.41, 5.74) is 3.21. The van der Waals surface area contributed by atoms with Gasteiger partial charge in [0.1, 0.15) is 18.2 Å². The molecule has 1 aromatic heterocycles. The Kier molecular flexibility index (Phi) is 8.49. The lowest BCUT2D eigenvalue weighted by Gasteiger charge is -2.30. The number of carbonyl (C=O) groups is 1. The summed E-state index contributed by atoms with van der Waals surface area (Å²) >= 11 is 0. The van der Waals surface area contributed by atoms with E-state index in [1.165, 1.54) is 6.33 Å². The van der Waals surface area contributed by atoms with Crippen LogP contribution in [-0.4, -0.2) is 53.0 Å². The zero-order valence-electron chi connectivity index (χ0n) is 19.3. The fourth-order valence-electron chi connectivity index (χ4n) is 3.32. The Morgan fingerprint density at radius 2 is 2.00 bits per heavy atom. The molecule has 0 radical (unpaired) electrons. The van der Waals surface area contributed by atoms with Gasteiger partial charge >= 0.3 is 6.16 Å². The monoisotopic (exact) mass is 443 g/mol. The maximum Gasteiger partial charge on any atom is 0.528 e. The Balaban J connectivity index is 1.51. The summed E-state index contributed by atoms with van der Waals surface area (Å²) < 4.78 is 11.1. The molecule has 32 heavy (non-hydrogen) atoms. The molecule has 9 heteroatoms. The summed E-state index contributed by atoms with van der Waals surface area (Å²) in [6.45, 7) is 9.88. The van der Waals surface area contributed by atoms with Crippen LogP contribution in [0.5, 0.6) is 5.88 Å². The number of ether oxygens (including phenoxy) is 2. The number of nitrogens with zero attached hydrogens (tertiary/aromatic N) is 3. The molecule has 9 nitrogen and oxygen atoms in total. The van der Waals surface area contributed by atoms with Crippen LogP contribution >= 0.6 is 0 Å². The molecular formula is C23H33N5O4. The summed E-state index contributed by atoms with van der Waals surface area (Å²) in [6.07, 6.45) is 3.12. The molecule has 3 rings (SSSR count). The van der Waals surface area contributed by atoms with E-state index in [0.717, 1.165) is 29.9 Å². The van der Waals surface area contributed by atoms with Gasteiger partial charge in [-0.15, -0.1) is 5.06 Å². The molecule has 1 fully saturated rings. The van der Waals surface area contributed by atoms with Gasteiger partial charge < -0.3 is 24.9 Å². The van der Waals surface area contributed by atoms with E-state index in [1.54, 1.807) is 25.0 Å². The van der Waals surface area contributed by atoms with Crippen molar-refractivity contribution in [3.8, 4) is 5.88 Å². The first kappa shape index (κ1) is 23.6. The van der Waals surface area contributed by atoms with Crippen LogP contribution in [0.4, 0.5) is 22.0 Å². The number of carbonyl (C=O) groups excluding carboxylic acids is 1. The summed E-state index contributed by atoms with van der Waals surface area (Å²) in [7, 11) is 0. The first-order chi connectivity index (χ1) is 15.4. The third-order valence-electron chi connectivity index (χ3n) is 4.93. The molecule has 1 aromatic carbocycles. The van der Waals surface area contributed by atoms with Crippen LogP contribution < -0.4 is 15.4 Å². The molecule has 0 atom stereocenters. The number of aromatic nitrogens is 2. The van der Waals surface area contributed by atoms with Crippen molar-refractivity contribution in [3.63, 3.8) is 0 Å². The van der Waals surface area contributed by atoms with Gasteiger partial charge in [0.25, 0.3) is 0 Å². The van der Waals surface area contributed by atoms with E-state index in [0.29, 0.717) is 37.6 Å². The lowest BCUT2D eigenvalue weighted by atomic mass is 10.1. The minimum atomic E-state index is -0.671. The number of hydrogen-bond donors (Lipinski definition) is 2. The molecule has 0 amide bonds. The Morgan fingerprint density at radius 3 is 2.69 bits per heavy atom. The third kappa shape index (κ3) is 7.26. The molecule has 2 aromatic rings. The van der Waals surface area contributed by atoms with E-state index >= 15 is 0 Å². The van der Waals surface area contributed by atoms with Gasteiger partial charge in [-0.3, -0.25) is 0 Å². The highest BCUT2D eigenvalue weighted by Gasteiger charge is 2.24. The van der Waals surface area contributed by atoms with E-state index in [2.05, 4.69) is 46.6 Å². The quantitative estimate of drug-likeness (QED) is 0.536. The number of hydroxylamine groups is 2. The second kappa shape index (κ2) is 11.5. The number of aryl methyl sites for hydroxylation is 1. The zero-order valence-corrected chi connectivity index (χ0v) is 19.3. The number of rotatable bonds is 9. The molecule has 0 unspecified atom stereocenters. The average molecular weight is 444 g/mol. The van der Waals surface area contributed by atoms with Crippen LogP contribution in [0, 0.1) is 6.92 Å². The molecule has 1 aliphatic rings. The SMILES string of the molecule is CCCNc1ccc(Nc2cc(OC3CCN(OC(=O)OC(C)C)CC3)ncn2)c(C)c1. The van der Waals surface area contributed by atoms with E-state index in [4.69, 9.17) is 14.3 Å². The van der Waals surface area contributed by atoms with Crippen LogP contribution in [0.1, 0.15) is 45.6 Å². The molecule has 0 bridgehead atoms. The maximum absolute atomic E-state index is 11.6. The Labute approximate surface area is 189 Å². The number of hydrogen-bond acceptors (Lipinski definition) is 9. The summed E-state index contributed by atoms with van der Waals surface area (Å²) in [5.74, 6) is 1.18. The molecule has 2 N–H and O–H groups in total. The first-order valence-electron chi connectivity index (χ1n) is 11.2. The van der Waals surface area contributed by atoms with Crippen molar-refractivity contribution in [2.75, 3.05) is 30.3 Å². The van der Waals surface area contributed by atoms with Crippen LogP contribution in [-0.2, 0) is 9.57 Å². The number of nitrogens with one attached hydrogen (secondary N) is 2. The van der Waals surface area contributed by atoms with Gasteiger partial charge in [0, 0.05) is 49.9 Å². The van der Waals surface area contributed by atoms with Gasteiger partial charge in [0.2, 0.25) is 5.88 Å². The van der Waals surface area contributed by atoms with E-state index in [-0.39, 0.29) is 12.2 Å². The highest BCUT2D eigenvalue weighted by molar-refractivity contribution is 5.65. The normalized spacial score (nSPS) is 14.8. The van der Waals surface area contributed by atoms with Crippen molar-refractivity contribution in [2.24, 2.45) is 0 Å². The molecule has 0 aliphatic carbocycles. The maximum atomic E-state index is 11.6. The summed E-state index contributed by atoms with van der Waals surface area (Å²) in [4.78, 5) is 25.4. The minimum absolute atomic E-state index is 0.00983. The van der Waals surface area contributed by atoms with Gasteiger partial charge in [-0.05, 0) is 51.0 Å². The Morgan fingerprint density at radius 1 is 1.22 bits per heavy atom. The first-order valence-corrected chi connectivity index (χ1v) is 11.2. The second-order valence-corrected chi connectivity index (χ2v) is 8.08. The Bertz CT molecular complexity index is 884. The van der Waals surface area contributed by atoms with Crippen molar-refractivity contribution in [3.05, 3.63) is 36.2 Å². The molecule has 174 valence electrons. The minimum Gasteiger partial charge on any atom is -0.474 e. The fourth-order valence-corrected chi connectivity index (χ4v) is 3.32. The van der Waals surface area contributed by atoms with Gasteiger partial charge in [0.05, 0.1) is 6.10 Å². The van der Waals surface area contributed by atoms with Gasteiger partial charge in [-0.1, -0.05) is 6.92 Å². The number of benzene rings is 1. The molecule has 0 spiro atoms. The van der Waals surface area contributed by atoms with Crippen LogP contribution in [0.2, 0.25) is 0 Å². The van der Waals surface area contributed by atoms with Gasteiger partial charge in [0.15, 0.2) is 0 Å². The van der Waals surface area contributed by atoms with Crippen LogP contribution in [0.15, 0.2) is 30.6 Å². The second-order valence-electron chi connectivity index (χ2n) is 8.08. The molecular weight excluding hydrogens is 410 g/mol. The van der Waals surface area contributed by atoms with Crippen molar-refractivity contribution < 1.29 is 19.1 Å². The standard InChI is InChI=1S/C23H33N5O4/c1-5-10-24-18-6-7-20(17(4)13-18)27-21-14-22(26-15-25-21)31-19-8-11-28(12-9-19)32-23(29)30-16(2)3/h6-7,13-16,19,24H,5,8-12H2,1-4H3,(H,25,26,27). The fraction of sp³-hybridized carbons (Fsp3) is 0.522. The average Bonchev–Trinajstić information content (AvgIpc) is 2.75. The van der Waals surface area contributed by atoms with Crippen LogP contribution in [0.25, 0.3) is 0 Å². The lowest BCUT2D eigenvalue weighted by molar-refractivity contribution is -0.151. The van der Waals surface area contributed by atoms with Crippen molar-refractivity contribution in [1.29, 1.82) is 0 Å². The highest BCUT2D eigenvalue weighted by Crippen LogP contribution is 2.25. The number of anilines is 3. The third-order valence-corrected chi connectivity index (χ3v) is 4.93. The highest BCUT2D eigenvalue weighted by atomic mass is 16.8. The molecule has 2 heterocycles. The Hall–Kier alpha value is -3.07. The molecule has 0 saturated carbocycles. The van der Waals surface area contributed by atoms with E-state index in [1.807, 2.05) is 6.07 Å². The van der Waals surface area contributed by atoms with Crippen LogP contribution in [0.3, 0.4) is 0 Å². The topological polar surface area (TPSA) is 97.8 Å². The summed E-state index contributed by atoms with van der Waals surface area (Å²) in [6, 6.07) is 8.00. The largest absolute Gasteiger partial charge is 0.528 e. The smallest absolute Gasteiger partial charge is 0.474 e.